The predicted molar refractivity (Wildman–Crippen MR) is 77.4 cm³/mol. The van der Waals surface area contributed by atoms with Gasteiger partial charge in [0.1, 0.15) is 0 Å². The summed E-state index contributed by atoms with van der Waals surface area (Å²) in [5.74, 6) is 1.85. The molecule has 0 amide bonds. The third-order valence-electron chi connectivity index (χ3n) is 4.59. The van der Waals surface area contributed by atoms with Gasteiger partial charge in [-0.25, -0.2) is 0 Å². The van der Waals surface area contributed by atoms with Crippen LogP contribution >= 0.6 is 0 Å². The molecule has 2 aliphatic rings. The highest BCUT2D eigenvalue weighted by Crippen LogP contribution is 2.44. The average Bonchev–Trinajstić information content (AvgIpc) is 3.06. The molecule has 0 saturated heterocycles. The van der Waals surface area contributed by atoms with Crippen LogP contribution in [0.25, 0.3) is 0 Å². The molecule has 1 saturated carbocycles. The quantitative estimate of drug-likeness (QED) is 0.423. The normalized spacial score (nSPS) is 29.1. The molecule has 0 aromatic heterocycles. The fourth-order valence-corrected chi connectivity index (χ4v) is 5.14. The zero-order chi connectivity index (χ0) is 13.9. The van der Waals surface area contributed by atoms with E-state index in [0.717, 1.165) is 30.5 Å². The van der Waals surface area contributed by atoms with Crippen molar-refractivity contribution < 1.29 is 13.3 Å². The fourth-order valence-electron chi connectivity index (χ4n) is 3.42. The third kappa shape index (κ3) is 3.16. The van der Waals surface area contributed by atoms with Crippen LogP contribution in [0.1, 0.15) is 25.7 Å². The topological polar surface area (TPSA) is 51.5 Å². The summed E-state index contributed by atoms with van der Waals surface area (Å²) in [6.07, 6.45) is 8.84. The Balaban J connectivity index is 1.76. The Bertz CT molecular complexity index is 346. The lowest BCUT2D eigenvalue weighted by Crippen LogP contribution is -2.42. The summed E-state index contributed by atoms with van der Waals surface area (Å²) < 4.78 is 16.2. The number of hydrogen-bond acceptors (Lipinski definition) is 4. The van der Waals surface area contributed by atoms with Crippen molar-refractivity contribution in [3.8, 4) is 0 Å². The van der Waals surface area contributed by atoms with Gasteiger partial charge in [-0.05, 0) is 37.5 Å². The van der Waals surface area contributed by atoms with E-state index in [-0.39, 0.29) is 0 Å². The van der Waals surface area contributed by atoms with Gasteiger partial charge in [-0.1, -0.05) is 12.2 Å². The Morgan fingerprint density at radius 1 is 1.16 bits per heavy atom. The van der Waals surface area contributed by atoms with Crippen molar-refractivity contribution in [3.05, 3.63) is 12.2 Å². The minimum absolute atomic E-state index is 0.485. The van der Waals surface area contributed by atoms with Gasteiger partial charge in [0.25, 0.3) is 0 Å². The molecule has 0 radical (unpaired) electrons. The smallest absolute Gasteiger partial charge is 0.377 e. The van der Waals surface area contributed by atoms with E-state index >= 15 is 0 Å². The van der Waals surface area contributed by atoms with Gasteiger partial charge < -0.3 is 18.7 Å². The van der Waals surface area contributed by atoms with E-state index in [9.17, 15) is 0 Å². The summed E-state index contributed by atoms with van der Waals surface area (Å²) in [6, 6.07) is 0.787. The first-order chi connectivity index (χ1) is 9.14. The number of fused-ring (bicyclic) bond motifs is 2. The van der Waals surface area contributed by atoms with Crippen molar-refractivity contribution in [3.63, 3.8) is 0 Å². The Morgan fingerprint density at radius 2 is 1.84 bits per heavy atom. The summed E-state index contributed by atoms with van der Waals surface area (Å²) in [5, 5.41) is 8.28. The fraction of sp³-hybridized carbons (Fsp3) is 0.786. The molecular weight excluding hydrogens is 258 g/mol. The average molecular weight is 283 g/mol. The van der Waals surface area contributed by atoms with Gasteiger partial charge in [0, 0.05) is 39.0 Å². The summed E-state index contributed by atoms with van der Waals surface area (Å²) in [7, 11) is 2.48. The maximum absolute atomic E-state index is 8.28. The second-order valence-corrected chi connectivity index (χ2v) is 8.65. The van der Waals surface area contributed by atoms with Gasteiger partial charge in [-0.3, -0.25) is 0 Å². The van der Waals surface area contributed by atoms with Crippen LogP contribution in [0.2, 0.25) is 6.04 Å². The van der Waals surface area contributed by atoms with Crippen LogP contribution < -0.4 is 0 Å². The van der Waals surface area contributed by atoms with Crippen molar-refractivity contribution in [1.82, 2.24) is 0 Å². The molecule has 0 aromatic carbocycles. The van der Waals surface area contributed by atoms with E-state index in [0.29, 0.717) is 11.8 Å². The van der Waals surface area contributed by atoms with Crippen LogP contribution in [0, 0.1) is 23.2 Å². The van der Waals surface area contributed by atoms with Crippen LogP contribution in [0.15, 0.2) is 12.2 Å². The third-order valence-corrected chi connectivity index (χ3v) is 7.42. The highest BCUT2D eigenvalue weighted by atomic mass is 28.4. The van der Waals surface area contributed by atoms with Crippen LogP contribution in [0.5, 0.6) is 0 Å². The molecule has 2 aliphatic carbocycles. The predicted octanol–water partition coefficient (Wildman–Crippen LogP) is 2.88. The number of allylic oxidation sites excluding steroid dienone is 2. The van der Waals surface area contributed by atoms with Gasteiger partial charge in [0.15, 0.2) is 0 Å². The molecule has 2 bridgehead atoms. The molecule has 0 aliphatic heterocycles. The number of rotatable bonds is 8. The van der Waals surface area contributed by atoms with E-state index in [2.05, 4.69) is 12.2 Å². The first-order valence-corrected chi connectivity index (χ1v) is 8.98. The second-order valence-electron chi connectivity index (χ2n) is 5.56. The lowest BCUT2D eigenvalue weighted by Gasteiger charge is -2.25. The Labute approximate surface area is 117 Å². The Hall–Kier alpha value is -0.493. The monoisotopic (exact) mass is 283 g/mol. The molecule has 4 nitrogen and oxygen atoms in total. The molecule has 1 N–H and O–H groups in total. The van der Waals surface area contributed by atoms with Crippen LogP contribution in [-0.2, 0) is 13.3 Å². The van der Waals surface area contributed by atoms with Gasteiger partial charge in [-0.15, -0.1) is 0 Å². The molecule has 3 unspecified atom stereocenters. The SMILES string of the molecule is CO[Si](CCCC(=N)C1CC2C=CC1C2)(OC)OC. The minimum Gasteiger partial charge on any atom is -0.377 e. The van der Waals surface area contributed by atoms with Crippen LogP contribution in [0.3, 0.4) is 0 Å². The van der Waals surface area contributed by atoms with Gasteiger partial charge >= 0.3 is 8.80 Å². The van der Waals surface area contributed by atoms with Crippen LogP contribution in [-0.4, -0.2) is 35.8 Å². The summed E-state index contributed by atoms with van der Waals surface area (Å²) in [4.78, 5) is 0. The molecule has 2 rings (SSSR count). The molecule has 5 heteroatoms. The van der Waals surface area contributed by atoms with E-state index < -0.39 is 8.80 Å². The molecule has 0 spiro atoms. The molecule has 108 valence electrons. The highest BCUT2D eigenvalue weighted by Gasteiger charge is 2.39. The largest absolute Gasteiger partial charge is 0.500 e. The van der Waals surface area contributed by atoms with Crippen molar-refractivity contribution in [2.45, 2.75) is 31.7 Å². The summed E-state index contributed by atoms with van der Waals surface area (Å²) >= 11 is 0. The first kappa shape index (κ1) is 14.9. The van der Waals surface area contributed by atoms with E-state index in [1.54, 1.807) is 21.3 Å². The Kier molecular flexibility index (Phi) is 4.95. The molecule has 19 heavy (non-hydrogen) atoms. The lowest BCUT2D eigenvalue weighted by molar-refractivity contribution is 0.123. The molecular formula is C14H25NO3Si. The lowest BCUT2D eigenvalue weighted by atomic mass is 9.87. The molecule has 3 atom stereocenters. The van der Waals surface area contributed by atoms with E-state index in [4.69, 9.17) is 18.7 Å². The molecule has 1 fully saturated rings. The summed E-state index contributed by atoms with van der Waals surface area (Å²) in [5.41, 5.74) is 0.906. The van der Waals surface area contributed by atoms with Gasteiger partial charge in [0.2, 0.25) is 0 Å². The van der Waals surface area contributed by atoms with Gasteiger partial charge in [-0.2, -0.15) is 0 Å². The van der Waals surface area contributed by atoms with Crippen LogP contribution in [0.4, 0.5) is 0 Å². The van der Waals surface area contributed by atoms with Crippen molar-refractivity contribution in [1.29, 1.82) is 5.41 Å². The zero-order valence-corrected chi connectivity index (χ0v) is 13.1. The molecule has 0 aromatic rings. The van der Waals surface area contributed by atoms with Gasteiger partial charge in [0.05, 0.1) is 0 Å². The highest BCUT2D eigenvalue weighted by molar-refractivity contribution is 6.60. The zero-order valence-electron chi connectivity index (χ0n) is 12.1. The first-order valence-electron chi connectivity index (χ1n) is 7.05. The van der Waals surface area contributed by atoms with Crippen molar-refractivity contribution >= 4 is 14.5 Å². The summed E-state index contributed by atoms with van der Waals surface area (Å²) in [6.45, 7) is 0. The maximum Gasteiger partial charge on any atom is 0.500 e. The second kappa shape index (κ2) is 6.30. The van der Waals surface area contributed by atoms with Crippen molar-refractivity contribution in [2.24, 2.45) is 17.8 Å². The number of hydrogen-bond donors (Lipinski definition) is 1. The van der Waals surface area contributed by atoms with E-state index in [1.807, 2.05) is 0 Å². The number of nitrogens with one attached hydrogen (secondary N) is 1. The van der Waals surface area contributed by atoms with Crippen molar-refractivity contribution in [2.75, 3.05) is 21.3 Å². The standard InChI is InChI=1S/C14H25NO3Si/c1-16-19(17-2,18-3)8-4-5-14(15)13-10-11-6-7-12(13)9-11/h6-7,11-13,15H,4-5,8-10H2,1-3H3. The minimum atomic E-state index is -2.45. The maximum atomic E-state index is 8.28. The molecule has 0 heterocycles. The Morgan fingerprint density at radius 3 is 2.32 bits per heavy atom. The van der Waals surface area contributed by atoms with E-state index in [1.165, 1.54) is 12.8 Å².